The van der Waals surface area contributed by atoms with Gasteiger partial charge in [-0.05, 0) is 49.6 Å². The van der Waals surface area contributed by atoms with Crippen LogP contribution >= 0.6 is 11.8 Å². The molecule has 4 rings (SSSR count). The van der Waals surface area contributed by atoms with Crippen LogP contribution in [-0.2, 0) is 12.3 Å². The van der Waals surface area contributed by atoms with Crippen LogP contribution in [0, 0.1) is 6.92 Å². The Morgan fingerprint density at radius 2 is 1.97 bits per heavy atom. The highest BCUT2D eigenvalue weighted by atomic mass is 32.2. The van der Waals surface area contributed by atoms with Gasteiger partial charge in [0.2, 0.25) is 0 Å². The van der Waals surface area contributed by atoms with Gasteiger partial charge in [-0.25, -0.2) is 4.98 Å². The number of hydrogen-bond donors (Lipinski definition) is 2. The largest absolute Gasteiger partial charge is 0.361 e. The number of carbonyl (C=O) groups is 2. The molecule has 2 N–H and O–H groups in total. The summed E-state index contributed by atoms with van der Waals surface area (Å²) in [6.07, 6.45) is 3.78. The molecule has 0 bridgehead atoms. The van der Waals surface area contributed by atoms with Gasteiger partial charge < -0.3 is 15.2 Å². The Morgan fingerprint density at radius 1 is 1.17 bits per heavy atom. The summed E-state index contributed by atoms with van der Waals surface area (Å²) < 4.78 is 5.08. The summed E-state index contributed by atoms with van der Waals surface area (Å²) >= 11 is 1.44. The van der Waals surface area contributed by atoms with E-state index >= 15 is 0 Å². The van der Waals surface area contributed by atoms with E-state index in [1.165, 1.54) is 11.8 Å². The van der Waals surface area contributed by atoms with Crippen molar-refractivity contribution in [1.29, 1.82) is 0 Å². The summed E-state index contributed by atoms with van der Waals surface area (Å²) in [6.45, 7) is 2.21. The number of amides is 2. The highest BCUT2D eigenvalue weighted by Gasteiger charge is 2.23. The maximum absolute atomic E-state index is 12.7. The number of pyridine rings is 1. The van der Waals surface area contributed by atoms with Crippen LogP contribution in [0.3, 0.4) is 0 Å². The number of hydrogen-bond acceptors (Lipinski definition) is 6. The number of nitrogens with one attached hydrogen (secondary N) is 2. The maximum Gasteiger partial charge on any atom is 0.254 e. The molecule has 0 unspecified atom stereocenters. The van der Waals surface area contributed by atoms with Gasteiger partial charge in [0.1, 0.15) is 10.8 Å². The van der Waals surface area contributed by atoms with E-state index in [1.807, 2.05) is 25.1 Å². The second kappa shape index (κ2) is 9.13. The van der Waals surface area contributed by atoms with Crippen LogP contribution in [0.1, 0.15) is 50.6 Å². The monoisotopic (exact) mass is 422 g/mol. The maximum atomic E-state index is 12.7. The van der Waals surface area contributed by atoms with Crippen LogP contribution in [0.25, 0.3) is 0 Å². The summed E-state index contributed by atoms with van der Waals surface area (Å²) in [7, 11) is 0. The first-order valence-electron chi connectivity index (χ1n) is 9.76. The molecule has 7 nitrogen and oxygen atoms in total. The van der Waals surface area contributed by atoms with Crippen LogP contribution in [0.4, 0.5) is 0 Å². The van der Waals surface area contributed by atoms with Crippen LogP contribution in [-0.4, -0.2) is 28.0 Å². The van der Waals surface area contributed by atoms with E-state index in [1.54, 1.807) is 30.5 Å². The number of aryl methyl sites for hydroxylation is 1. The molecule has 0 atom stereocenters. The summed E-state index contributed by atoms with van der Waals surface area (Å²) in [5, 5.41) is 10.5. The molecule has 2 heterocycles. The average molecular weight is 423 g/mol. The fraction of sp³-hybridized carbons (Fsp3) is 0.273. The normalized spacial score (nSPS) is 13.1. The van der Waals surface area contributed by atoms with E-state index in [-0.39, 0.29) is 11.8 Å². The molecule has 2 amide bonds. The predicted molar refractivity (Wildman–Crippen MR) is 113 cm³/mol. The van der Waals surface area contributed by atoms with Gasteiger partial charge in [0, 0.05) is 36.2 Å². The molecule has 154 valence electrons. The Morgan fingerprint density at radius 3 is 2.67 bits per heavy atom. The van der Waals surface area contributed by atoms with E-state index in [2.05, 4.69) is 20.8 Å². The molecule has 0 spiro atoms. The van der Waals surface area contributed by atoms with Gasteiger partial charge >= 0.3 is 0 Å². The molecule has 30 heavy (non-hydrogen) atoms. The number of thioether (sulfide) groups is 1. The van der Waals surface area contributed by atoms with Gasteiger partial charge in [0.25, 0.3) is 11.8 Å². The molecule has 1 fully saturated rings. The molecule has 0 aliphatic heterocycles. The van der Waals surface area contributed by atoms with Crippen molar-refractivity contribution in [3.8, 4) is 0 Å². The number of aromatic nitrogens is 2. The van der Waals surface area contributed by atoms with E-state index in [0.717, 1.165) is 29.9 Å². The fourth-order valence-electron chi connectivity index (χ4n) is 2.85. The quantitative estimate of drug-likeness (QED) is 0.540. The first kappa shape index (κ1) is 20.2. The van der Waals surface area contributed by atoms with Crippen molar-refractivity contribution in [2.24, 2.45) is 0 Å². The lowest BCUT2D eigenvalue weighted by molar-refractivity contribution is 0.0939. The number of carbonyl (C=O) groups excluding carboxylic acids is 2. The molecule has 8 heteroatoms. The smallest absolute Gasteiger partial charge is 0.254 e. The molecular formula is C22H22N4O3S. The highest BCUT2D eigenvalue weighted by Crippen LogP contribution is 2.24. The number of nitrogens with zero attached hydrogens (tertiary/aromatic N) is 2. The third kappa shape index (κ3) is 5.27. The Labute approximate surface area is 178 Å². The van der Waals surface area contributed by atoms with Crippen molar-refractivity contribution in [3.05, 3.63) is 76.8 Å². The standard InChI is InChI=1S/C22H22N4O3S/c1-14-11-18(26-29-14)13-30-22-19(3-2-10-23-22)21(28)24-12-15-4-6-16(7-5-15)20(27)25-17-8-9-17/h2-7,10-11,17H,8-9,12-13H2,1H3,(H,24,28)(H,25,27). The van der Waals surface area contributed by atoms with Crippen LogP contribution in [0.2, 0.25) is 0 Å². The van der Waals surface area contributed by atoms with E-state index < -0.39 is 0 Å². The van der Waals surface area contributed by atoms with Crippen molar-refractivity contribution < 1.29 is 14.1 Å². The minimum Gasteiger partial charge on any atom is -0.361 e. The lowest BCUT2D eigenvalue weighted by atomic mass is 10.1. The van der Waals surface area contributed by atoms with Gasteiger partial charge in [-0.2, -0.15) is 0 Å². The molecule has 1 aliphatic carbocycles. The molecular weight excluding hydrogens is 400 g/mol. The van der Waals surface area contributed by atoms with Crippen molar-refractivity contribution in [3.63, 3.8) is 0 Å². The first-order chi connectivity index (χ1) is 14.6. The summed E-state index contributed by atoms with van der Waals surface area (Å²) in [4.78, 5) is 29.1. The Balaban J connectivity index is 1.34. The lowest BCUT2D eigenvalue weighted by Gasteiger charge is -2.09. The minimum absolute atomic E-state index is 0.0487. The Hall–Kier alpha value is -3.13. The van der Waals surface area contributed by atoms with Gasteiger partial charge in [-0.1, -0.05) is 29.1 Å². The summed E-state index contributed by atoms with van der Waals surface area (Å²) in [6, 6.07) is 13.0. The van der Waals surface area contributed by atoms with Gasteiger partial charge in [0.05, 0.1) is 11.3 Å². The van der Waals surface area contributed by atoms with E-state index in [9.17, 15) is 9.59 Å². The number of benzene rings is 1. The molecule has 1 saturated carbocycles. The van der Waals surface area contributed by atoms with Gasteiger partial charge in [0.15, 0.2) is 0 Å². The Bertz CT molecular complexity index is 1040. The molecule has 2 aromatic heterocycles. The highest BCUT2D eigenvalue weighted by molar-refractivity contribution is 7.98. The van der Waals surface area contributed by atoms with Crippen molar-refractivity contribution in [2.45, 2.75) is 43.1 Å². The second-order valence-electron chi connectivity index (χ2n) is 7.20. The van der Waals surface area contributed by atoms with Crippen molar-refractivity contribution >= 4 is 23.6 Å². The van der Waals surface area contributed by atoms with Gasteiger partial charge in [-0.3, -0.25) is 9.59 Å². The molecule has 0 saturated heterocycles. The van der Waals surface area contributed by atoms with Crippen LogP contribution in [0.15, 0.2) is 58.2 Å². The van der Waals surface area contributed by atoms with Gasteiger partial charge in [-0.15, -0.1) is 0 Å². The summed E-state index contributed by atoms with van der Waals surface area (Å²) in [5.74, 6) is 1.07. The third-order valence-corrected chi connectivity index (χ3v) is 5.67. The summed E-state index contributed by atoms with van der Waals surface area (Å²) in [5.41, 5.74) is 2.87. The molecule has 1 aromatic carbocycles. The molecule has 1 aliphatic rings. The first-order valence-corrected chi connectivity index (χ1v) is 10.7. The van der Waals surface area contributed by atoms with Crippen LogP contribution in [0.5, 0.6) is 0 Å². The molecule has 3 aromatic rings. The second-order valence-corrected chi connectivity index (χ2v) is 8.17. The lowest BCUT2D eigenvalue weighted by Crippen LogP contribution is -2.25. The zero-order valence-corrected chi connectivity index (χ0v) is 17.4. The molecule has 0 radical (unpaired) electrons. The zero-order chi connectivity index (χ0) is 20.9. The third-order valence-electron chi connectivity index (χ3n) is 4.63. The van der Waals surface area contributed by atoms with Crippen LogP contribution < -0.4 is 10.6 Å². The SMILES string of the molecule is Cc1cc(CSc2ncccc2C(=O)NCc2ccc(C(=O)NC3CC3)cc2)no1. The average Bonchev–Trinajstić information content (AvgIpc) is 3.48. The topological polar surface area (TPSA) is 97.1 Å². The minimum atomic E-state index is -0.197. The van der Waals surface area contributed by atoms with E-state index in [0.29, 0.717) is 34.5 Å². The zero-order valence-electron chi connectivity index (χ0n) is 16.6. The fourth-order valence-corrected chi connectivity index (χ4v) is 3.73. The predicted octanol–water partition coefficient (Wildman–Crippen LogP) is 3.49. The van der Waals surface area contributed by atoms with Crippen molar-refractivity contribution in [1.82, 2.24) is 20.8 Å². The van der Waals surface area contributed by atoms with E-state index in [4.69, 9.17) is 4.52 Å². The Kier molecular flexibility index (Phi) is 6.13. The van der Waals surface area contributed by atoms with Crippen molar-refractivity contribution in [2.75, 3.05) is 0 Å². The number of rotatable bonds is 8.